The van der Waals surface area contributed by atoms with Gasteiger partial charge in [0.15, 0.2) is 0 Å². The SMILES string of the molecule is Cc1cc(I)ccc1NC(=O)[C@H](Cc1c[nH]c2ccccc12)NC(=O)OCC(C)C. The molecule has 0 aliphatic rings. The van der Waals surface area contributed by atoms with E-state index in [1.807, 2.05) is 69.4 Å². The van der Waals surface area contributed by atoms with E-state index in [1.54, 1.807) is 0 Å². The van der Waals surface area contributed by atoms with E-state index in [9.17, 15) is 9.59 Å². The summed E-state index contributed by atoms with van der Waals surface area (Å²) in [6.07, 6.45) is 1.63. The van der Waals surface area contributed by atoms with E-state index in [4.69, 9.17) is 4.74 Å². The number of hydrogen-bond donors (Lipinski definition) is 3. The van der Waals surface area contributed by atoms with Crippen LogP contribution in [0.1, 0.15) is 25.0 Å². The van der Waals surface area contributed by atoms with Crippen LogP contribution in [0.3, 0.4) is 0 Å². The molecule has 1 aromatic heterocycles. The Labute approximate surface area is 189 Å². The third kappa shape index (κ3) is 5.75. The average molecular weight is 519 g/mol. The van der Waals surface area contributed by atoms with Gasteiger partial charge in [-0.15, -0.1) is 0 Å². The number of halogens is 1. The number of rotatable bonds is 7. The van der Waals surface area contributed by atoms with E-state index < -0.39 is 12.1 Å². The van der Waals surface area contributed by atoms with Gasteiger partial charge in [0, 0.05) is 32.8 Å². The number of benzene rings is 2. The van der Waals surface area contributed by atoms with E-state index in [0.717, 1.165) is 31.3 Å². The molecule has 0 aliphatic heterocycles. The number of fused-ring (bicyclic) bond motifs is 1. The minimum atomic E-state index is -0.775. The summed E-state index contributed by atoms with van der Waals surface area (Å²) in [6.45, 7) is 6.16. The van der Waals surface area contributed by atoms with Crippen molar-refractivity contribution < 1.29 is 14.3 Å². The van der Waals surface area contributed by atoms with Crippen molar-refractivity contribution in [1.82, 2.24) is 10.3 Å². The van der Waals surface area contributed by atoms with E-state index in [2.05, 4.69) is 38.2 Å². The lowest BCUT2D eigenvalue weighted by Crippen LogP contribution is -2.45. The molecule has 0 unspecified atom stereocenters. The molecule has 2 aromatic carbocycles. The molecule has 1 atom stereocenters. The Morgan fingerprint density at radius 3 is 2.67 bits per heavy atom. The van der Waals surface area contributed by atoms with Gasteiger partial charge >= 0.3 is 6.09 Å². The van der Waals surface area contributed by atoms with Gasteiger partial charge in [-0.05, 0) is 70.8 Å². The molecular formula is C23H26IN3O3. The molecule has 0 saturated heterocycles. The van der Waals surface area contributed by atoms with Crippen LogP contribution in [0, 0.1) is 16.4 Å². The molecule has 3 aromatic rings. The van der Waals surface area contributed by atoms with Gasteiger partial charge in [-0.2, -0.15) is 0 Å². The molecule has 7 heteroatoms. The summed E-state index contributed by atoms with van der Waals surface area (Å²) in [5.41, 5.74) is 3.63. The molecule has 3 rings (SSSR count). The number of nitrogens with one attached hydrogen (secondary N) is 3. The first-order valence-electron chi connectivity index (χ1n) is 9.88. The first kappa shape index (κ1) is 22.1. The van der Waals surface area contributed by atoms with Crippen LogP contribution in [0.4, 0.5) is 10.5 Å². The Morgan fingerprint density at radius 2 is 1.93 bits per heavy atom. The predicted molar refractivity (Wildman–Crippen MR) is 128 cm³/mol. The van der Waals surface area contributed by atoms with E-state index >= 15 is 0 Å². The largest absolute Gasteiger partial charge is 0.449 e. The lowest BCUT2D eigenvalue weighted by atomic mass is 10.0. The number of amides is 2. The second-order valence-electron chi connectivity index (χ2n) is 7.70. The third-order valence-corrected chi connectivity index (χ3v) is 5.37. The standard InChI is InChI=1S/C23H26IN3O3/c1-14(2)13-30-23(29)27-21(11-16-12-25-20-7-5-4-6-18(16)20)22(28)26-19-9-8-17(24)10-15(19)3/h4-10,12,14,21,25H,11,13H2,1-3H3,(H,26,28)(H,27,29)/t21-/m0/s1. The van der Waals surface area contributed by atoms with Crippen LogP contribution in [0.15, 0.2) is 48.7 Å². The maximum absolute atomic E-state index is 13.1. The summed E-state index contributed by atoms with van der Waals surface area (Å²) in [5, 5.41) is 6.71. The van der Waals surface area contributed by atoms with Crippen molar-refractivity contribution in [2.75, 3.05) is 11.9 Å². The minimum Gasteiger partial charge on any atom is -0.449 e. The second kappa shape index (κ2) is 9.97. The molecule has 0 fully saturated rings. The molecule has 0 bridgehead atoms. The normalized spacial score (nSPS) is 12.0. The topological polar surface area (TPSA) is 83.2 Å². The molecule has 0 aliphatic carbocycles. The summed E-state index contributed by atoms with van der Waals surface area (Å²) in [4.78, 5) is 28.6. The fraction of sp³-hybridized carbons (Fsp3) is 0.304. The van der Waals surface area contributed by atoms with Gasteiger partial charge in [0.1, 0.15) is 6.04 Å². The number of aromatic nitrogens is 1. The summed E-state index contributed by atoms with van der Waals surface area (Å²) < 4.78 is 6.33. The smallest absolute Gasteiger partial charge is 0.407 e. The van der Waals surface area contributed by atoms with E-state index in [1.165, 1.54) is 0 Å². The first-order valence-corrected chi connectivity index (χ1v) is 11.0. The number of ether oxygens (including phenoxy) is 1. The maximum atomic E-state index is 13.1. The highest BCUT2D eigenvalue weighted by Crippen LogP contribution is 2.21. The fourth-order valence-corrected chi connectivity index (χ4v) is 3.79. The van der Waals surface area contributed by atoms with Crippen LogP contribution in [-0.4, -0.2) is 29.6 Å². The van der Waals surface area contributed by atoms with Crippen LogP contribution >= 0.6 is 22.6 Å². The molecule has 3 N–H and O–H groups in total. The van der Waals surface area contributed by atoms with Gasteiger partial charge in [0.05, 0.1) is 6.61 Å². The van der Waals surface area contributed by atoms with Gasteiger partial charge in [0.2, 0.25) is 5.91 Å². The van der Waals surface area contributed by atoms with Crippen molar-refractivity contribution >= 4 is 51.2 Å². The van der Waals surface area contributed by atoms with Crippen molar-refractivity contribution in [2.45, 2.75) is 33.2 Å². The lowest BCUT2D eigenvalue weighted by molar-refractivity contribution is -0.118. The van der Waals surface area contributed by atoms with Gasteiger partial charge < -0.3 is 20.4 Å². The molecule has 2 amide bonds. The Morgan fingerprint density at radius 1 is 1.17 bits per heavy atom. The Hall–Kier alpha value is -2.55. The van der Waals surface area contributed by atoms with E-state index in [0.29, 0.717) is 13.0 Å². The molecule has 1 heterocycles. The maximum Gasteiger partial charge on any atom is 0.407 e. The second-order valence-corrected chi connectivity index (χ2v) is 8.95. The number of aromatic amines is 1. The Kier molecular flexibility index (Phi) is 7.36. The van der Waals surface area contributed by atoms with Crippen molar-refractivity contribution in [2.24, 2.45) is 5.92 Å². The number of carbonyl (C=O) groups excluding carboxylic acids is 2. The van der Waals surface area contributed by atoms with Crippen LogP contribution in [0.25, 0.3) is 10.9 Å². The number of hydrogen-bond acceptors (Lipinski definition) is 3. The Balaban J connectivity index is 1.80. The molecular weight excluding hydrogens is 493 g/mol. The number of para-hydroxylation sites is 1. The Bertz CT molecular complexity index is 1050. The number of carbonyl (C=O) groups is 2. The van der Waals surface area contributed by atoms with Crippen LogP contribution in [-0.2, 0) is 16.0 Å². The lowest BCUT2D eigenvalue weighted by Gasteiger charge is -2.19. The quantitative estimate of drug-likeness (QED) is 0.384. The molecule has 0 spiro atoms. The number of H-pyrrole nitrogens is 1. The highest BCUT2D eigenvalue weighted by atomic mass is 127. The summed E-state index contributed by atoms with van der Waals surface area (Å²) in [5.74, 6) is -0.0721. The fourth-order valence-electron chi connectivity index (χ4n) is 3.14. The number of aryl methyl sites for hydroxylation is 1. The van der Waals surface area contributed by atoms with Crippen molar-refractivity contribution in [3.8, 4) is 0 Å². The monoisotopic (exact) mass is 519 g/mol. The summed E-state index contributed by atoms with van der Waals surface area (Å²) >= 11 is 2.23. The zero-order chi connectivity index (χ0) is 21.7. The highest BCUT2D eigenvalue weighted by molar-refractivity contribution is 14.1. The van der Waals surface area contributed by atoms with E-state index in [-0.39, 0.29) is 11.8 Å². The number of alkyl carbamates (subject to hydrolysis) is 1. The zero-order valence-corrected chi connectivity index (χ0v) is 19.4. The molecule has 0 saturated carbocycles. The van der Waals surface area contributed by atoms with Crippen LogP contribution < -0.4 is 10.6 Å². The molecule has 0 radical (unpaired) electrons. The zero-order valence-electron chi connectivity index (χ0n) is 17.3. The van der Waals surface area contributed by atoms with Crippen molar-refractivity contribution in [1.29, 1.82) is 0 Å². The average Bonchev–Trinajstić information content (AvgIpc) is 3.11. The highest BCUT2D eigenvalue weighted by Gasteiger charge is 2.24. The summed E-state index contributed by atoms with van der Waals surface area (Å²) in [6, 6.07) is 12.9. The van der Waals surface area contributed by atoms with Crippen LogP contribution in [0.2, 0.25) is 0 Å². The van der Waals surface area contributed by atoms with Gasteiger partial charge in [0.25, 0.3) is 0 Å². The van der Waals surface area contributed by atoms with Crippen LogP contribution in [0.5, 0.6) is 0 Å². The van der Waals surface area contributed by atoms with Gasteiger partial charge in [-0.1, -0.05) is 32.0 Å². The number of anilines is 1. The third-order valence-electron chi connectivity index (χ3n) is 4.70. The molecule has 30 heavy (non-hydrogen) atoms. The summed E-state index contributed by atoms with van der Waals surface area (Å²) in [7, 11) is 0. The van der Waals surface area contributed by atoms with Gasteiger partial charge in [-0.3, -0.25) is 4.79 Å². The first-order chi connectivity index (χ1) is 14.3. The van der Waals surface area contributed by atoms with Crippen molar-refractivity contribution in [3.63, 3.8) is 0 Å². The molecule has 158 valence electrons. The van der Waals surface area contributed by atoms with Crippen molar-refractivity contribution in [3.05, 3.63) is 63.4 Å². The predicted octanol–water partition coefficient (Wildman–Crippen LogP) is 5.01. The molecule has 6 nitrogen and oxygen atoms in total. The minimum absolute atomic E-state index is 0.214. The van der Waals surface area contributed by atoms with Gasteiger partial charge in [-0.25, -0.2) is 4.79 Å².